The van der Waals surface area contributed by atoms with Crippen LogP contribution in [0.5, 0.6) is 0 Å². The summed E-state index contributed by atoms with van der Waals surface area (Å²) in [7, 11) is 0. The molecule has 2 amide bonds. The molecular formula is C22H36N2O2. The zero-order chi connectivity index (χ0) is 19.4. The van der Waals surface area contributed by atoms with Gasteiger partial charge in [-0.05, 0) is 30.7 Å². The maximum Gasteiger partial charge on any atom is 0.222 e. The summed E-state index contributed by atoms with van der Waals surface area (Å²) in [5, 5.41) is 3.05. The van der Waals surface area contributed by atoms with Crippen molar-refractivity contribution in [2.75, 3.05) is 19.6 Å². The summed E-state index contributed by atoms with van der Waals surface area (Å²) in [6.07, 6.45) is 3.44. The highest BCUT2D eigenvalue weighted by Gasteiger charge is 2.17. The molecule has 4 nitrogen and oxygen atoms in total. The number of amides is 2. The number of rotatable bonds is 12. The minimum absolute atomic E-state index is 0.0388. The van der Waals surface area contributed by atoms with Crippen LogP contribution in [0.4, 0.5) is 0 Å². The third-order valence-corrected chi connectivity index (χ3v) is 4.69. The fraction of sp³-hybridized carbons (Fsp3) is 0.636. The van der Waals surface area contributed by atoms with Crippen LogP contribution >= 0.6 is 0 Å². The van der Waals surface area contributed by atoms with Crippen LogP contribution in [0.1, 0.15) is 71.3 Å². The Morgan fingerprint density at radius 2 is 1.62 bits per heavy atom. The minimum atomic E-state index is 0.0388. The number of hydrogen-bond acceptors (Lipinski definition) is 2. The maximum absolute atomic E-state index is 12.2. The average Bonchev–Trinajstić information content (AvgIpc) is 2.62. The zero-order valence-electron chi connectivity index (χ0n) is 17.0. The van der Waals surface area contributed by atoms with Crippen LogP contribution in [0.15, 0.2) is 30.3 Å². The molecule has 0 aliphatic rings. The Labute approximate surface area is 159 Å². The maximum atomic E-state index is 12.2. The van der Waals surface area contributed by atoms with Crippen LogP contribution in [0.2, 0.25) is 0 Å². The van der Waals surface area contributed by atoms with E-state index in [1.807, 2.05) is 23.1 Å². The van der Waals surface area contributed by atoms with Gasteiger partial charge in [0, 0.05) is 38.4 Å². The van der Waals surface area contributed by atoms with E-state index in [1.54, 1.807) is 0 Å². The van der Waals surface area contributed by atoms with Gasteiger partial charge in [0.05, 0.1) is 0 Å². The third kappa shape index (κ3) is 8.03. The van der Waals surface area contributed by atoms with Gasteiger partial charge in [-0.1, -0.05) is 58.0 Å². The smallest absolute Gasteiger partial charge is 0.222 e. The molecule has 0 radical (unpaired) electrons. The minimum Gasteiger partial charge on any atom is -0.355 e. The van der Waals surface area contributed by atoms with Gasteiger partial charge in [-0.15, -0.1) is 0 Å². The molecule has 0 saturated carbocycles. The van der Waals surface area contributed by atoms with Gasteiger partial charge in [0.25, 0.3) is 0 Å². The van der Waals surface area contributed by atoms with E-state index >= 15 is 0 Å². The molecule has 146 valence electrons. The van der Waals surface area contributed by atoms with Crippen molar-refractivity contribution in [3.63, 3.8) is 0 Å². The third-order valence-electron chi connectivity index (χ3n) is 4.69. The van der Waals surface area contributed by atoms with E-state index < -0.39 is 0 Å². The lowest BCUT2D eigenvalue weighted by molar-refractivity contribution is -0.131. The van der Waals surface area contributed by atoms with Gasteiger partial charge in [-0.25, -0.2) is 0 Å². The van der Waals surface area contributed by atoms with E-state index in [0.29, 0.717) is 37.6 Å². The summed E-state index contributed by atoms with van der Waals surface area (Å²) >= 11 is 0. The first-order valence-corrected chi connectivity index (χ1v) is 10.1. The van der Waals surface area contributed by atoms with Crippen LogP contribution in [-0.2, 0) is 9.59 Å². The van der Waals surface area contributed by atoms with E-state index in [4.69, 9.17) is 0 Å². The number of carbonyl (C=O) groups is 2. The molecule has 1 atom stereocenters. The number of benzene rings is 1. The first-order chi connectivity index (χ1) is 12.5. The predicted molar refractivity (Wildman–Crippen MR) is 108 cm³/mol. The summed E-state index contributed by atoms with van der Waals surface area (Å²) in [6, 6.07) is 10.3. The van der Waals surface area contributed by atoms with Gasteiger partial charge in [-0.3, -0.25) is 9.59 Å². The topological polar surface area (TPSA) is 49.4 Å². The lowest BCUT2D eigenvalue weighted by Crippen LogP contribution is -2.33. The molecule has 0 aliphatic heterocycles. The monoisotopic (exact) mass is 360 g/mol. The van der Waals surface area contributed by atoms with E-state index in [1.165, 1.54) is 5.56 Å². The molecule has 1 aromatic rings. The van der Waals surface area contributed by atoms with Gasteiger partial charge in [0.2, 0.25) is 11.8 Å². The Morgan fingerprint density at radius 1 is 1.00 bits per heavy atom. The SMILES string of the molecule is CCCN(CCC)C(=O)CCCC(=O)NCC(c1ccccc1)C(C)C. The molecule has 0 fully saturated rings. The van der Waals surface area contributed by atoms with Gasteiger partial charge in [0.15, 0.2) is 0 Å². The molecule has 1 unspecified atom stereocenters. The van der Waals surface area contributed by atoms with Crippen LogP contribution in [0, 0.1) is 5.92 Å². The van der Waals surface area contributed by atoms with Crippen LogP contribution in [-0.4, -0.2) is 36.3 Å². The summed E-state index contributed by atoms with van der Waals surface area (Å²) in [4.78, 5) is 26.3. The fourth-order valence-electron chi connectivity index (χ4n) is 3.21. The van der Waals surface area contributed by atoms with Gasteiger partial charge >= 0.3 is 0 Å². The first-order valence-electron chi connectivity index (χ1n) is 10.1. The molecule has 0 aliphatic carbocycles. The highest BCUT2D eigenvalue weighted by atomic mass is 16.2. The van der Waals surface area contributed by atoms with E-state index in [9.17, 15) is 9.59 Å². The number of carbonyl (C=O) groups excluding carboxylic acids is 2. The molecule has 0 heterocycles. The van der Waals surface area contributed by atoms with E-state index in [-0.39, 0.29) is 11.8 Å². The van der Waals surface area contributed by atoms with Crippen molar-refractivity contribution < 1.29 is 9.59 Å². The second-order valence-electron chi connectivity index (χ2n) is 7.30. The van der Waals surface area contributed by atoms with Gasteiger partial charge in [-0.2, -0.15) is 0 Å². The molecule has 1 aromatic carbocycles. The fourth-order valence-corrected chi connectivity index (χ4v) is 3.21. The Morgan fingerprint density at radius 3 is 2.15 bits per heavy atom. The number of nitrogens with zero attached hydrogens (tertiary/aromatic N) is 1. The molecule has 26 heavy (non-hydrogen) atoms. The van der Waals surface area contributed by atoms with Crippen molar-refractivity contribution >= 4 is 11.8 Å². The highest BCUT2D eigenvalue weighted by molar-refractivity contribution is 5.79. The Balaban J connectivity index is 2.38. The van der Waals surface area contributed by atoms with Crippen LogP contribution < -0.4 is 5.32 Å². The molecule has 0 saturated heterocycles. The predicted octanol–water partition coefficient (Wildman–Crippen LogP) is 4.36. The van der Waals surface area contributed by atoms with Crippen LogP contribution in [0.3, 0.4) is 0 Å². The quantitative estimate of drug-likeness (QED) is 0.602. The van der Waals surface area contributed by atoms with Crippen molar-refractivity contribution in [3.05, 3.63) is 35.9 Å². The second kappa shape index (κ2) is 12.5. The van der Waals surface area contributed by atoms with E-state index in [2.05, 4.69) is 45.1 Å². The number of hydrogen-bond donors (Lipinski definition) is 1. The van der Waals surface area contributed by atoms with Crippen molar-refractivity contribution in [2.24, 2.45) is 5.92 Å². The van der Waals surface area contributed by atoms with Crippen molar-refractivity contribution in [3.8, 4) is 0 Å². The van der Waals surface area contributed by atoms with Gasteiger partial charge < -0.3 is 10.2 Å². The summed E-state index contributed by atoms with van der Waals surface area (Å²) in [5.41, 5.74) is 1.26. The lowest BCUT2D eigenvalue weighted by Gasteiger charge is -2.22. The van der Waals surface area contributed by atoms with Crippen molar-refractivity contribution in [1.29, 1.82) is 0 Å². The van der Waals surface area contributed by atoms with Crippen molar-refractivity contribution in [1.82, 2.24) is 10.2 Å². The normalized spacial score (nSPS) is 12.0. The second-order valence-corrected chi connectivity index (χ2v) is 7.30. The molecule has 0 bridgehead atoms. The molecule has 1 N–H and O–H groups in total. The van der Waals surface area contributed by atoms with Crippen LogP contribution in [0.25, 0.3) is 0 Å². The molecule has 4 heteroatoms. The largest absolute Gasteiger partial charge is 0.355 e. The summed E-state index contributed by atoms with van der Waals surface area (Å²) < 4.78 is 0. The molecular weight excluding hydrogens is 324 g/mol. The first kappa shape index (κ1) is 22.2. The molecule has 1 rings (SSSR count). The zero-order valence-corrected chi connectivity index (χ0v) is 17.0. The molecule has 0 aromatic heterocycles. The molecule has 0 spiro atoms. The van der Waals surface area contributed by atoms with Gasteiger partial charge in [0.1, 0.15) is 0 Å². The highest BCUT2D eigenvalue weighted by Crippen LogP contribution is 2.23. The Kier molecular flexibility index (Phi) is 10.7. The standard InChI is InChI=1S/C22H36N2O2/c1-5-15-24(16-6-2)22(26)14-10-13-21(25)23-17-20(18(3)4)19-11-8-7-9-12-19/h7-9,11-12,18,20H,5-6,10,13-17H2,1-4H3,(H,23,25). The average molecular weight is 361 g/mol. The summed E-state index contributed by atoms with van der Waals surface area (Å²) in [6.45, 7) is 10.8. The summed E-state index contributed by atoms with van der Waals surface area (Å²) in [5.74, 6) is 0.977. The number of nitrogens with one attached hydrogen (secondary N) is 1. The lowest BCUT2D eigenvalue weighted by atomic mass is 9.88. The van der Waals surface area contributed by atoms with E-state index in [0.717, 1.165) is 25.9 Å². The van der Waals surface area contributed by atoms with Crippen molar-refractivity contribution in [2.45, 2.75) is 65.7 Å². The Hall–Kier alpha value is -1.84. The Bertz CT molecular complexity index is 522.